The number of carbonyl (C=O) groups is 1. The van der Waals surface area contributed by atoms with Gasteiger partial charge in [0.05, 0.1) is 7.11 Å². The highest BCUT2D eigenvalue weighted by atomic mass is 16.5. The molecule has 0 spiro atoms. The molecule has 0 bridgehead atoms. The maximum atomic E-state index is 11.0. The average Bonchev–Trinajstić information content (AvgIpc) is 2.39. The van der Waals surface area contributed by atoms with Gasteiger partial charge in [-0.3, -0.25) is 4.79 Å². The molecule has 0 aliphatic rings. The SMILES string of the molecule is COc1cc(CNCC(C)C)ccc1OC(C)C(N)=O. The van der Waals surface area contributed by atoms with E-state index in [9.17, 15) is 4.79 Å². The van der Waals surface area contributed by atoms with Crippen molar-refractivity contribution >= 4 is 5.91 Å². The third-order valence-electron chi connectivity index (χ3n) is 2.81. The molecule has 1 amide bonds. The van der Waals surface area contributed by atoms with Crippen molar-refractivity contribution in [3.63, 3.8) is 0 Å². The van der Waals surface area contributed by atoms with Crippen LogP contribution in [0, 0.1) is 5.92 Å². The van der Waals surface area contributed by atoms with E-state index in [1.54, 1.807) is 20.1 Å². The highest BCUT2D eigenvalue weighted by molar-refractivity contribution is 5.78. The number of ether oxygens (including phenoxy) is 2. The molecule has 1 atom stereocenters. The van der Waals surface area contributed by atoms with Gasteiger partial charge in [0.1, 0.15) is 0 Å². The number of nitrogens with one attached hydrogen (secondary N) is 1. The molecule has 0 fully saturated rings. The Kier molecular flexibility index (Phi) is 6.31. The molecule has 5 nitrogen and oxygen atoms in total. The molecule has 0 saturated heterocycles. The summed E-state index contributed by atoms with van der Waals surface area (Å²) in [7, 11) is 1.57. The number of nitrogens with two attached hydrogens (primary N) is 1. The standard InChI is InChI=1S/C15H24N2O3/c1-10(2)8-17-9-12-5-6-13(14(7-12)19-4)20-11(3)15(16)18/h5-7,10-11,17H,8-9H2,1-4H3,(H2,16,18). The minimum Gasteiger partial charge on any atom is -0.493 e. The number of carbonyl (C=O) groups excluding carboxylic acids is 1. The Morgan fingerprint density at radius 3 is 2.55 bits per heavy atom. The second-order valence-corrected chi connectivity index (χ2v) is 5.17. The fourth-order valence-corrected chi connectivity index (χ4v) is 1.67. The molecule has 1 rings (SSSR count). The van der Waals surface area contributed by atoms with E-state index < -0.39 is 12.0 Å². The first-order chi connectivity index (χ1) is 9.43. The van der Waals surface area contributed by atoms with E-state index in [-0.39, 0.29) is 0 Å². The summed E-state index contributed by atoms with van der Waals surface area (Å²) >= 11 is 0. The molecular weight excluding hydrogens is 256 g/mol. The minimum atomic E-state index is -0.686. The van der Waals surface area contributed by atoms with Crippen molar-refractivity contribution in [2.75, 3.05) is 13.7 Å². The topological polar surface area (TPSA) is 73.6 Å². The smallest absolute Gasteiger partial charge is 0.258 e. The van der Waals surface area contributed by atoms with E-state index >= 15 is 0 Å². The lowest BCUT2D eigenvalue weighted by molar-refractivity contribution is -0.124. The van der Waals surface area contributed by atoms with Gasteiger partial charge in [0.2, 0.25) is 0 Å². The summed E-state index contributed by atoms with van der Waals surface area (Å²) in [6, 6.07) is 5.64. The molecule has 0 aromatic heterocycles. The van der Waals surface area contributed by atoms with Gasteiger partial charge in [-0.1, -0.05) is 19.9 Å². The van der Waals surface area contributed by atoms with Crippen molar-refractivity contribution in [1.29, 1.82) is 0 Å². The van der Waals surface area contributed by atoms with Gasteiger partial charge in [-0.25, -0.2) is 0 Å². The summed E-state index contributed by atoms with van der Waals surface area (Å²) in [5, 5.41) is 3.36. The quantitative estimate of drug-likeness (QED) is 0.760. The van der Waals surface area contributed by atoms with Gasteiger partial charge in [0, 0.05) is 6.54 Å². The molecule has 0 saturated carbocycles. The van der Waals surface area contributed by atoms with Crippen molar-refractivity contribution in [1.82, 2.24) is 5.32 Å². The Hall–Kier alpha value is -1.75. The van der Waals surface area contributed by atoms with Crippen molar-refractivity contribution < 1.29 is 14.3 Å². The predicted octanol–water partition coefficient (Wildman–Crippen LogP) is 1.69. The van der Waals surface area contributed by atoms with E-state index in [1.165, 1.54) is 0 Å². The van der Waals surface area contributed by atoms with Gasteiger partial charge < -0.3 is 20.5 Å². The maximum absolute atomic E-state index is 11.0. The minimum absolute atomic E-state index is 0.505. The van der Waals surface area contributed by atoms with E-state index in [1.807, 2.05) is 12.1 Å². The molecule has 20 heavy (non-hydrogen) atoms. The summed E-state index contributed by atoms with van der Waals surface area (Å²) in [6.07, 6.45) is -0.686. The lowest BCUT2D eigenvalue weighted by Gasteiger charge is -2.15. The fraction of sp³-hybridized carbons (Fsp3) is 0.533. The number of amides is 1. The van der Waals surface area contributed by atoms with E-state index in [2.05, 4.69) is 19.2 Å². The lowest BCUT2D eigenvalue weighted by atomic mass is 10.1. The predicted molar refractivity (Wildman–Crippen MR) is 78.8 cm³/mol. The highest BCUT2D eigenvalue weighted by Crippen LogP contribution is 2.28. The van der Waals surface area contributed by atoms with Crippen LogP contribution in [0.25, 0.3) is 0 Å². The molecule has 1 aromatic rings. The third kappa shape index (κ3) is 5.09. The maximum Gasteiger partial charge on any atom is 0.258 e. The van der Waals surface area contributed by atoms with Crippen LogP contribution in [0.3, 0.4) is 0 Å². The molecule has 1 unspecified atom stereocenters. The first-order valence-corrected chi connectivity index (χ1v) is 6.77. The molecule has 0 radical (unpaired) electrons. The van der Waals surface area contributed by atoms with Gasteiger partial charge in [-0.15, -0.1) is 0 Å². The second-order valence-electron chi connectivity index (χ2n) is 5.17. The zero-order valence-electron chi connectivity index (χ0n) is 12.6. The molecule has 3 N–H and O–H groups in total. The van der Waals surface area contributed by atoms with Crippen LogP contribution >= 0.6 is 0 Å². The Balaban J connectivity index is 2.72. The number of primary amides is 1. The first-order valence-electron chi connectivity index (χ1n) is 6.77. The van der Waals surface area contributed by atoms with E-state index in [4.69, 9.17) is 15.2 Å². The highest BCUT2D eigenvalue weighted by Gasteiger charge is 2.14. The Bertz CT molecular complexity index is 447. The van der Waals surface area contributed by atoms with Gasteiger partial charge in [-0.05, 0) is 37.1 Å². The number of benzene rings is 1. The molecule has 0 heterocycles. The number of rotatable bonds is 8. The van der Waals surface area contributed by atoms with Crippen molar-refractivity contribution in [3.05, 3.63) is 23.8 Å². The second kappa shape index (κ2) is 7.75. The van der Waals surface area contributed by atoms with Gasteiger partial charge in [-0.2, -0.15) is 0 Å². The summed E-state index contributed by atoms with van der Waals surface area (Å²) in [5.74, 6) is 1.22. The Labute approximate surface area is 120 Å². The van der Waals surface area contributed by atoms with Crippen LogP contribution < -0.4 is 20.5 Å². The molecule has 0 aliphatic heterocycles. The van der Waals surface area contributed by atoms with Crippen molar-refractivity contribution in [2.24, 2.45) is 11.7 Å². The Morgan fingerprint density at radius 1 is 1.30 bits per heavy atom. The first kappa shape index (κ1) is 16.3. The summed E-state index contributed by atoms with van der Waals surface area (Å²) in [4.78, 5) is 11.0. The van der Waals surface area contributed by atoms with Crippen molar-refractivity contribution in [3.8, 4) is 11.5 Å². The van der Waals surface area contributed by atoms with Crippen LogP contribution in [0.4, 0.5) is 0 Å². The van der Waals surface area contributed by atoms with Crippen LogP contribution in [0.1, 0.15) is 26.3 Å². The zero-order valence-corrected chi connectivity index (χ0v) is 12.6. The molecule has 5 heteroatoms. The third-order valence-corrected chi connectivity index (χ3v) is 2.81. The summed E-state index contributed by atoms with van der Waals surface area (Å²) < 4.78 is 10.8. The average molecular weight is 280 g/mol. The molecule has 112 valence electrons. The van der Waals surface area contributed by atoms with E-state index in [0.717, 1.165) is 18.7 Å². The number of hydrogen-bond acceptors (Lipinski definition) is 4. The molecule has 1 aromatic carbocycles. The fourth-order valence-electron chi connectivity index (χ4n) is 1.67. The Morgan fingerprint density at radius 2 is 2.00 bits per heavy atom. The summed E-state index contributed by atoms with van der Waals surface area (Å²) in [5.41, 5.74) is 6.28. The largest absolute Gasteiger partial charge is 0.493 e. The van der Waals surface area contributed by atoms with Crippen LogP contribution in [0.2, 0.25) is 0 Å². The molecular formula is C15H24N2O3. The number of methoxy groups -OCH3 is 1. The van der Waals surface area contributed by atoms with E-state index in [0.29, 0.717) is 17.4 Å². The lowest BCUT2D eigenvalue weighted by Crippen LogP contribution is -2.30. The van der Waals surface area contributed by atoms with Gasteiger partial charge in [0.15, 0.2) is 17.6 Å². The zero-order chi connectivity index (χ0) is 15.1. The normalized spacial score (nSPS) is 12.2. The van der Waals surface area contributed by atoms with Crippen LogP contribution in [0.5, 0.6) is 11.5 Å². The summed E-state index contributed by atoms with van der Waals surface area (Å²) in [6.45, 7) is 7.66. The molecule has 0 aliphatic carbocycles. The van der Waals surface area contributed by atoms with Crippen LogP contribution in [-0.2, 0) is 11.3 Å². The number of hydrogen-bond donors (Lipinski definition) is 2. The monoisotopic (exact) mass is 280 g/mol. The van der Waals surface area contributed by atoms with Crippen LogP contribution in [-0.4, -0.2) is 25.7 Å². The van der Waals surface area contributed by atoms with Crippen molar-refractivity contribution in [2.45, 2.75) is 33.4 Å². The van der Waals surface area contributed by atoms with Crippen LogP contribution in [0.15, 0.2) is 18.2 Å². The van der Waals surface area contributed by atoms with Gasteiger partial charge in [0.25, 0.3) is 5.91 Å². The van der Waals surface area contributed by atoms with Gasteiger partial charge >= 0.3 is 0 Å².